The van der Waals surface area contributed by atoms with Crippen molar-refractivity contribution in [1.82, 2.24) is 4.57 Å². The van der Waals surface area contributed by atoms with E-state index in [1.54, 1.807) is 18.3 Å². The van der Waals surface area contributed by atoms with Crippen LogP contribution in [0.5, 0.6) is 0 Å². The van der Waals surface area contributed by atoms with Crippen molar-refractivity contribution in [3.8, 4) is 0 Å². The van der Waals surface area contributed by atoms with Gasteiger partial charge in [-0.25, -0.2) is 4.79 Å². The zero-order valence-electron chi connectivity index (χ0n) is 6.60. The number of aromatic nitrogens is 1. The molecule has 1 heterocycles. The number of hydrogen-bond acceptors (Lipinski definition) is 2. The topological polar surface area (TPSA) is 59.3 Å². The van der Waals surface area contributed by atoms with E-state index in [1.165, 1.54) is 11.5 Å². The minimum Gasteiger partial charge on any atom is -0.480 e. The Bertz CT molecular complexity index is 303. The third kappa shape index (κ3) is 1.37. The smallest absolute Gasteiger partial charge is 0.326 e. The predicted octanol–water partition coefficient (Wildman–Crippen LogP) is 0.946. The highest BCUT2D eigenvalue weighted by Gasteiger charge is 2.14. The van der Waals surface area contributed by atoms with Gasteiger partial charge in [0, 0.05) is 6.20 Å². The summed E-state index contributed by atoms with van der Waals surface area (Å²) in [4.78, 5) is 20.9. The molecule has 1 aromatic rings. The molecule has 0 amide bonds. The van der Waals surface area contributed by atoms with Crippen molar-refractivity contribution in [2.24, 2.45) is 0 Å². The molecular weight excluding hydrogens is 158 g/mol. The number of hydrogen-bond donors (Lipinski definition) is 1. The average Bonchev–Trinajstić information content (AvgIpc) is 2.49. The first kappa shape index (κ1) is 8.52. The van der Waals surface area contributed by atoms with Crippen molar-refractivity contribution in [2.45, 2.75) is 13.0 Å². The molecular formula is C8H9NO3. The molecule has 1 rings (SSSR count). The molecule has 0 bridgehead atoms. The van der Waals surface area contributed by atoms with E-state index >= 15 is 0 Å². The van der Waals surface area contributed by atoms with E-state index in [2.05, 4.69) is 0 Å². The van der Waals surface area contributed by atoms with Crippen molar-refractivity contribution in [3.05, 3.63) is 24.0 Å². The minimum absolute atomic E-state index is 0.380. The van der Waals surface area contributed by atoms with Gasteiger partial charge >= 0.3 is 5.97 Å². The Morgan fingerprint density at radius 3 is 2.92 bits per heavy atom. The molecule has 4 heteroatoms. The van der Waals surface area contributed by atoms with Crippen LogP contribution in [-0.2, 0) is 4.79 Å². The lowest BCUT2D eigenvalue weighted by Crippen LogP contribution is -2.16. The molecule has 0 aliphatic rings. The van der Waals surface area contributed by atoms with Gasteiger partial charge in [-0.15, -0.1) is 0 Å². The first-order valence-corrected chi connectivity index (χ1v) is 3.51. The molecule has 0 unspecified atom stereocenters. The first-order valence-electron chi connectivity index (χ1n) is 3.51. The largest absolute Gasteiger partial charge is 0.480 e. The molecule has 4 nitrogen and oxygen atoms in total. The van der Waals surface area contributed by atoms with Crippen molar-refractivity contribution in [3.63, 3.8) is 0 Å². The third-order valence-electron chi connectivity index (χ3n) is 1.71. The Hall–Kier alpha value is -1.58. The van der Waals surface area contributed by atoms with Crippen LogP contribution >= 0.6 is 0 Å². The lowest BCUT2D eigenvalue weighted by Gasteiger charge is -2.09. The molecule has 12 heavy (non-hydrogen) atoms. The summed E-state index contributed by atoms with van der Waals surface area (Å²) in [6.45, 7) is 1.52. The molecule has 0 saturated carbocycles. The number of carbonyl (C=O) groups excluding carboxylic acids is 1. The van der Waals surface area contributed by atoms with Crippen LogP contribution in [0.4, 0.5) is 0 Å². The fourth-order valence-electron chi connectivity index (χ4n) is 0.978. The average molecular weight is 167 g/mol. The number of carboxylic acids is 1. The molecule has 0 radical (unpaired) electrons. The Morgan fingerprint density at radius 1 is 1.75 bits per heavy atom. The van der Waals surface area contributed by atoms with E-state index in [9.17, 15) is 9.59 Å². The van der Waals surface area contributed by atoms with Crippen LogP contribution in [0.1, 0.15) is 23.5 Å². The summed E-state index contributed by atoms with van der Waals surface area (Å²) in [6, 6.07) is 2.52. The maximum atomic E-state index is 10.5. The lowest BCUT2D eigenvalue weighted by molar-refractivity contribution is -0.140. The summed E-state index contributed by atoms with van der Waals surface area (Å²) in [5, 5.41) is 8.64. The highest BCUT2D eigenvalue weighted by atomic mass is 16.4. The van der Waals surface area contributed by atoms with Crippen molar-refractivity contribution >= 4 is 12.3 Å². The Morgan fingerprint density at radius 2 is 2.42 bits per heavy atom. The van der Waals surface area contributed by atoms with E-state index in [-0.39, 0.29) is 0 Å². The van der Waals surface area contributed by atoms with Gasteiger partial charge in [0.2, 0.25) is 0 Å². The number of nitrogens with zero attached hydrogens (tertiary/aromatic N) is 1. The molecule has 0 aliphatic heterocycles. The van der Waals surface area contributed by atoms with Crippen LogP contribution in [-0.4, -0.2) is 21.9 Å². The fraction of sp³-hybridized carbons (Fsp3) is 0.250. The monoisotopic (exact) mass is 167 g/mol. The molecule has 0 fully saturated rings. The summed E-state index contributed by atoms with van der Waals surface area (Å²) in [5.74, 6) is -0.950. The van der Waals surface area contributed by atoms with Gasteiger partial charge in [-0.05, 0) is 19.1 Å². The van der Waals surface area contributed by atoms with Gasteiger partial charge in [0.05, 0.1) is 5.69 Å². The summed E-state index contributed by atoms with van der Waals surface area (Å²) < 4.78 is 1.41. The molecule has 1 aromatic heterocycles. The molecule has 0 aliphatic carbocycles. The van der Waals surface area contributed by atoms with Gasteiger partial charge in [-0.1, -0.05) is 0 Å². The van der Waals surface area contributed by atoms with Crippen LogP contribution in [0, 0.1) is 0 Å². The lowest BCUT2D eigenvalue weighted by atomic mass is 10.3. The molecule has 0 spiro atoms. The quantitative estimate of drug-likeness (QED) is 0.681. The summed E-state index contributed by atoms with van der Waals surface area (Å²) >= 11 is 0. The number of carbonyl (C=O) groups is 2. The first-order chi connectivity index (χ1) is 5.66. The summed E-state index contributed by atoms with van der Waals surface area (Å²) in [5.41, 5.74) is 0.380. The summed E-state index contributed by atoms with van der Waals surface area (Å²) in [6.07, 6.45) is 2.21. The zero-order valence-corrected chi connectivity index (χ0v) is 6.60. The molecule has 64 valence electrons. The maximum absolute atomic E-state index is 10.5. The van der Waals surface area contributed by atoms with E-state index < -0.39 is 12.0 Å². The van der Waals surface area contributed by atoms with E-state index in [1.807, 2.05) is 0 Å². The number of aliphatic carboxylic acids is 1. The van der Waals surface area contributed by atoms with E-state index in [0.717, 1.165) is 0 Å². The standard InChI is InChI=1S/C8H9NO3/c1-6(8(11)12)9-4-2-3-7(9)5-10/h2-6H,1H3,(H,11,12)/t6-/m0/s1. The molecule has 0 saturated heterocycles. The van der Waals surface area contributed by atoms with E-state index in [4.69, 9.17) is 5.11 Å². The number of carboxylic acid groups (broad SMARTS) is 1. The second kappa shape index (κ2) is 3.21. The van der Waals surface area contributed by atoms with Crippen molar-refractivity contribution in [2.75, 3.05) is 0 Å². The number of rotatable bonds is 3. The highest BCUT2D eigenvalue weighted by molar-refractivity contribution is 5.76. The van der Waals surface area contributed by atoms with Crippen molar-refractivity contribution in [1.29, 1.82) is 0 Å². The second-order valence-electron chi connectivity index (χ2n) is 2.47. The van der Waals surface area contributed by atoms with Crippen LogP contribution in [0.2, 0.25) is 0 Å². The molecule has 0 aromatic carbocycles. The maximum Gasteiger partial charge on any atom is 0.326 e. The van der Waals surface area contributed by atoms with Gasteiger partial charge in [0.25, 0.3) is 0 Å². The SMILES string of the molecule is C[C@@H](C(=O)O)n1cccc1C=O. The second-order valence-corrected chi connectivity index (χ2v) is 2.47. The van der Waals surface area contributed by atoms with Gasteiger partial charge in [0.15, 0.2) is 6.29 Å². The van der Waals surface area contributed by atoms with Crippen LogP contribution < -0.4 is 0 Å². The predicted molar refractivity (Wildman–Crippen MR) is 42.2 cm³/mol. The Balaban J connectivity index is 3.01. The van der Waals surface area contributed by atoms with Gasteiger partial charge in [-0.3, -0.25) is 4.79 Å². The van der Waals surface area contributed by atoms with E-state index in [0.29, 0.717) is 12.0 Å². The highest BCUT2D eigenvalue weighted by Crippen LogP contribution is 2.09. The zero-order chi connectivity index (χ0) is 9.14. The third-order valence-corrected chi connectivity index (χ3v) is 1.71. The van der Waals surface area contributed by atoms with Gasteiger partial charge in [0.1, 0.15) is 6.04 Å². The van der Waals surface area contributed by atoms with Crippen molar-refractivity contribution < 1.29 is 14.7 Å². The van der Waals surface area contributed by atoms with Gasteiger partial charge < -0.3 is 9.67 Å². The molecule has 1 atom stereocenters. The normalized spacial score (nSPS) is 12.4. The van der Waals surface area contributed by atoms with Crippen LogP contribution in [0.25, 0.3) is 0 Å². The van der Waals surface area contributed by atoms with Gasteiger partial charge in [-0.2, -0.15) is 0 Å². The summed E-state index contributed by atoms with van der Waals surface area (Å²) in [7, 11) is 0. The fourth-order valence-corrected chi connectivity index (χ4v) is 0.978. The Labute approximate surface area is 69.4 Å². The minimum atomic E-state index is -0.950. The number of aldehydes is 1. The molecule has 1 N–H and O–H groups in total. The van der Waals surface area contributed by atoms with Crippen LogP contribution in [0.3, 0.4) is 0 Å². The Kier molecular flexibility index (Phi) is 2.28. The van der Waals surface area contributed by atoms with Crippen LogP contribution in [0.15, 0.2) is 18.3 Å².